The highest BCUT2D eigenvalue weighted by molar-refractivity contribution is 5.84. The molecule has 0 radical (unpaired) electrons. The minimum Gasteiger partial charge on any atom is -0.476 e. The number of hydrogen-bond donors (Lipinski definition) is 2. The molecule has 2 aromatic rings. The Hall–Kier alpha value is -2.50. The molecule has 0 aliphatic rings. The van der Waals surface area contributed by atoms with Crippen molar-refractivity contribution in [2.45, 2.75) is 6.42 Å². The molecule has 0 saturated heterocycles. The number of aromatic carboxylic acids is 1. The van der Waals surface area contributed by atoms with Gasteiger partial charge < -0.3 is 10.4 Å². The maximum absolute atomic E-state index is 13.3. The van der Waals surface area contributed by atoms with Crippen molar-refractivity contribution in [3.8, 4) is 0 Å². The van der Waals surface area contributed by atoms with E-state index < -0.39 is 5.97 Å². The van der Waals surface area contributed by atoms with Crippen LogP contribution < -0.4 is 5.32 Å². The number of benzene rings is 1. The molecule has 0 saturated carbocycles. The first-order valence-corrected chi connectivity index (χ1v) is 5.69. The highest BCUT2D eigenvalue weighted by Gasteiger charge is 2.05. The summed E-state index contributed by atoms with van der Waals surface area (Å²) in [5.74, 6) is -0.900. The molecule has 0 aliphatic carbocycles. The fourth-order valence-electron chi connectivity index (χ4n) is 1.56. The molecule has 19 heavy (non-hydrogen) atoms. The number of carboxylic acid groups (broad SMARTS) is 1. The van der Waals surface area contributed by atoms with E-state index in [1.807, 2.05) is 0 Å². The number of anilines is 1. The molecule has 0 amide bonds. The van der Waals surface area contributed by atoms with Gasteiger partial charge in [0.05, 0.1) is 12.4 Å². The third-order valence-electron chi connectivity index (χ3n) is 2.53. The summed E-state index contributed by atoms with van der Waals surface area (Å²) in [6.45, 7) is 0.488. The summed E-state index contributed by atoms with van der Waals surface area (Å²) in [6, 6.07) is 6.55. The van der Waals surface area contributed by atoms with Crippen molar-refractivity contribution >= 4 is 11.8 Å². The van der Waals surface area contributed by atoms with Gasteiger partial charge in [-0.15, -0.1) is 0 Å². The molecule has 2 rings (SSSR count). The van der Waals surface area contributed by atoms with Crippen molar-refractivity contribution in [1.29, 1.82) is 0 Å². The fourth-order valence-corrected chi connectivity index (χ4v) is 1.56. The van der Waals surface area contributed by atoms with Gasteiger partial charge in [-0.25, -0.2) is 19.2 Å². The summed E-state index contributed by atoms with van der Waals surface area (Å²) in [5, 5.41) is 11.6. The van der Waals surface area contributed by atoms with Crippen molar-refractivity contribution in [2.24, 2.45) is 0 Å². The zero-order valence-corrected chi connectivity index (χ0v) is 10.0. The Morgan fingerprint density at radius 2 is 2.05 bits per heavy atom. The van der Waals surface area contributed by atoms with Crippen molar-refractivity contribution in [3.05, 3.63) is 53.7 Å². The Morgan fingerprint density at radius 3 is 2.68 bits per heavy atom. The van der Waals surface area contributed by atoms with E-state index in [0.717, 1.165) is 0 Å². The van der Waals surface area contributed by atoms with Gasteiger partial charge in [-0.3, -0.25) is 0 Å². The van der Waals surface area contributed by atoms with Crippen LogP contribution in [0.1, 0.15) is 16.1 Å². The first-order valence-electron chi connectivity index (χ1n) is 5.69. The van der Waals surface area contributed by atoms with E-state index in [2.05, 4.69) is 15.3 Å². The van der Waals surface area contributed by atoms with E-state index in [1.54, 1.807) is 18.2 Å². The van der Waals surface area contributed by atoms with Crippen LogP contribution in [0.15, 0.2) is 36.7 Å². The van der Waals surface area contributed by atoms with Gasteiger partial charge in [0, 0.05) is 6.54 Å². The van der Waals surface area contributed by atoms with Gasteiger partial charge in [0.1, 0.15) is 11.6 Å². The zero-order valence-electron chi connectivity index (χ0n) is 10.0. The van der Waals surface area contributed by atoms with E-state index in [4.69, 9.17) is 5.11 Å². The summed E-state index contributed by atoms with van der Waals surface area (Å²) in [6.07, 6.45) is 3.02. The zero-order chi connectivity index (χ0) is 13.7. The lowest BCUT2D eigenvalue weighted by molar-refractivity contribution is 0.0690. The number of nitrogens with zero attached hydrogens (tertiary/aromatic N) is 2. The predicted molar refractivity (Wildman–Crippen MR) is 67.6 cm³/mol. The molecule has 5 nitrogen and oxygen atoms in total. The molecule has 6 heteroatoms. The fraction of sp³-hybridized carbons (Fsp3) is 0.154. The van der Waals surface area contributed by atoms with Crippen LogP contribution in [0.25, 0.3) is 0 Å². The number of carbonyl (C=O) groups is 1. The standard InChI is InChI=1S/C13H12FN3O2/c14-10-4-2-1-3-9(10)5-6-15-12-8-16-11(7-17-12)13(18)19/h1-4,7-8H,5-6H2,(H,15,17)(H,18,19). The SMILES string of the molecule is O=C(O)c1cnc(NCCc2ccccc2F)cn1. The van der Waals surface area contributed by atoms with Gasteiger partial charge in [-0.05, 0) is 18.1 Å². The van der Waals surface area contributed by atoms with Gasteiger partial charge in [0.15, 0.2) is 5.69 Å². The Kier molecular flexibility index (Phi) is 4.02. The number of rotatable bonds is 5. The van der Waals surface area contributed by atoms with Crippen LogP contribution >= 0.6 is 0 Å². The summed E-state index contributed by atoms with van der Waals surface area (Å²) in [7, 11) is 0. The molecule has 1 aromatic heterocycles. The van der Waals surface area contributed by atoms with E-state index >= 15 is 0 Å². The second-order valence-corrected chi connectivity index (χ2v) is 3.86. The van der Waals surface area contributed by atoms with Crippen LogP contribution in [0.4, 0.5) is 10.2 Å². The number of hydrogen-bond acceptors (Lipinski definition) is 4. The largest absolute Gasteiger partial charge is 0.476 e. The summed E-state index contributed by atoms with van der Waals surface area (Å²) < 4.78 is 13.3. The van der Waals surface area contributed by atoms with E-state index in [9.17, 15) is 9.18 Å². The lowest BCUT2D eigenvalue weighted by atomic mass is 10.1. The summed E-state index contributed by atoms with van der Waals surface area (Å²) >= 11 is 0. The van der Waals surface area contributed by atoms with Gasteiger partial charge >= 0.3 is 5.97 Å². The molecular formula is C13H12FN3O2. The molecule has 1 heterocycles. The summed E-state index contributed by atoms with van der Waals surface area (Å²) in [5.41, 5.74) is 0.504. The predicted octanol–water partition coefficient (Wildman–Crippen LogP) is 1.97. The van der Waals surface area contributed by atoms with Crippen LogP contribution in [0.5, 0.6) is 0 Å². The third-order valence-corrected chi connectivity index (χ3v) is 2.53. The van der Waals surface area contributed by atoms with Crippen molar-refractivity contribution in [1.82, 2.24) is 9.97 Å². The normalized spacial score (nSPS) is 10.2. The molecule has 2 N–H and O–H groups in total. The van der Waals surface area contributed by atoms with Gasteiger partial charge in [0.2, 0.25) is 0 Å². The molecule has 98 valence electrons. The van der Waals surface area contributed by atoms with Crippen LogP contribution in [0, 0.1) is 5.82 Å². The van der Waals surface area contributed by atoms with Crippen LogP contribution in [-0.2, 0) is 6.42 Å². The number of halogens is 1. The second-order valence-electron chi connectivity index (χ2n) is 3.86. The highest BCUT2D eigenvalue weighted by atomic mass is 19.1. The van der Waals surface area contributed by atoms with Gasteiger partial charge in [-0.1, -0.05) is 18.2 Å². The highest BCUT2D eigenvalue weighted by Crippen LogP contribution is 2.07. The Morgan fingerprint density at radius 1 is 1.26 bits per heavy atom. The Balaban J connectivity index is 1.89. The minimum absolute atomic E-state index is 0.111. The lowest BCUT2D eigenvalue weighted by Gasteiger charge is -2.06. The van der Waals surface area contributed by atoms with Crippen molar-refractivity contribution < 1.29 is 14.3 Å². The van der Waals surface area contributed by atoms with E-state index in [0.29, 0.717) is 24.3 Å². The molecule has 0 atom stereocenters. The average molecular weight is 261 g/mol. The van der Waals surface area contributed by atoms with E-state index in [1.165, 1.54) is 18.5 Å². The van der Waals surface area contributed by atoms with Gasteiger partial charge in [0.25, 0.3) is 0 Å². The lowest BCUT2D eigenvalue weighted by Crippen LogP contribution is -2.09. The molecule has 0 unspecified atom stereocenters. The molecule has 0 aliphatic heterocycles. The minimum atomic E-state index is -1.12. The topological polar surface area (TPSA) is 75.1 Å². The molecule has 0 spiro atoms. The molecule has 0 fully saturated rings. The smallest absolute Gasteiger partial charge is 0.356 e. The van der Waals surface area contributed by atoms with Crippen molar-refractivity contribution in [3.63, 3.8) is 0 Å². The van der Waals surface area contributed by atoms with Crippen LogP contribution in [0.2, 0.25) is 0 Å². The van der Waals surface area contributed by atoms with Crippen LogP contribution in [0.3, 0.4) is 0 Å². The first-order chi connectivity index (χ1) is 9.16. The first kappa shape index (κ1) is 12.9. The van der Waals surface area contributed by atoms with Crippen molar-refractivity contribution in [2.75, 3.05) is 11.9 Å². The number of aromatic nitrogens is 2. The molecule has 1 aromatic carbocycles. The Labute approximate surface area is 109 Å². The number of carboxylic acids is 1. The second kappa shape index (κ2) is 5.90. The monoisotopic (exact) mass is 261 g/mol. The third kappa shape index (κ3) is 3.48. The van der Waals surface area contributed by atoms with Crippen LogP contribution in [-0.4, -0.2) is 27.6 Å². The molecule has 0 bridgehead atoms. The quantitative estimate of drug-likeness (QED) is 0.860. The Bertz CT molecular complexity index is 572. The summed E-state index contributed by atoms with van der Waals surface area (Å²) in [4.78, 5) is 18.2. The molecular weight excluding hydrogens is 249 g/mol. The average Bonchev–Trinajstić information content (AvgIpc) is 2.41. The van der Waals surface area contributed by atoms with Gasteiger partial charge in [-0.2, -0.15) is 0 Å². The maximum atomic E-state index is 13.3. The maximum Gasteiger partial charge on any atom is 0.356 e. The van der Waals surface area contributed by atoms with E-state index in [-0.39, 0.29) is 11.5 Å². The number of nitrogens with one attached hydrogen (secondary N) is 1.